The molecule has 6 nitrogen and oxygen atoms in total. The summed E-state index contributed by atoms with van der Waals surface area (Å²) >= 11 is 5.94. The molecule has 8 heteroatoms. The largest absolute Gasteiger partial charge is 0.451 e. The SMILES string of the molecule is CS(=O)(=O)N1CCCN(C(=O)c2cc3cc(Cl)ccc3o2)CC1. The van der Waals surface area contributed by atoms with Gasteiger partial charge in [-0.25, -0.2) is 12.7 Å². The summed E-state index contributed by atoms with van der Waals surface area (Å²) in [5.74, 6) is 0.0164. The zero-order valence-electron chi connectivity index (χ0n) is 12.7. The summed E-state index contributed by atoms with van der Waals surface area (Å²) in [6.07, 6.45) is 1.79. The molecule has 1 saturated heterocycles. The molecule has 1 aromatic heterocycles. The lowest BCUT2D eigenvalue weighted by atomic mass is 10.2. The third-order valence-electron chi connectivity index (χ3n) is 3.90. The van der Waals surface area contributed by atoms with E-state index in [4.69, 9.17) is 16.0 Å². The molecule has 0 bridgehead atoms. The molecule has 1 aliphatic heterocycles. The molecular weight excluding hydrogens is 340 g/mol. The summed E-state index contributed by atoms with van der Waals surface area (Å²) in [7, 11) is -3.23. The Bertz CT molecular complexity index is 846. The number of benzene rings is 1. The quantitative estimate of drug-likeness (QED) is 0.827. The van der Waals surface area contributed by atoms with Gasteiger partial charge in [-0.05, 0) is 30.7 Å². The minimum atomic E-state index is -3.23. The molecule has 1 fully saturated rings. The molecule has 1 amide bonds. The first-order chi connectivity index (χ1) is 10.8. The maximum absolute atomic E-state index is 12.6. The number of sulfonamides is 1. The molecular formula is C15H17ClN2O4S. The summed E-state index contributed by atoms with van der Waals surface area (Å²) in [5.41, 5.74) is 0.602. The lowest BCUT2D eigenvalue weighted by Gasteiger charge is -2.19. The topological polar surface area (TPSA) is 70.8 Å². The van der Waals surface area contributed by atoms with Crippen LogP contribution in [0.1, 0.15) is 17.0 Å². The molecule has 0 spiro atoms. The second-order valence-corrected chi connectivity index (χ2v) is 8.02. The molecule has 2 heterocycles. The molecule has 1 aliphatic rings. The lowest BCUT2D eigenvalue weighted by molar-refractivity contribution is 0.0735. The molecule has 0 unspecified atom stereocenters. The van der Waals surface area contributed by atoms with Crippen molar-refractivity contribution in [2.75, 3.05) is 32.4 Å². The number of halogens is 1. The fourth-order valence-corrected chi connectivity index (χ4v) is 3.76. The normalized spacial score (nSPS) is 17.4. The number of rotatable bonds is 2. The van der Waals surface area contributed by atoms with Gasteiger partial charge in [0.1, 0.15) is 5.58 Å². The molecule has 0 aliphatic carbocycles. The van der Waals surface area contributed by atoms with E-state index in [2.05, 4.69) is 0 Å². The van der Waals surface area contributed by atoms with Gasteiger partial charge in [-0.2, -0.15) is 0 Å². The second kappa shape index (κ2) is 6.14. The Morgan fingerprint density at radius 2 is 1.96 bits per heavy atom. The van der Waals surface area contributed by atoms with Crippen LogP contribution in [0, 0.1) is 0 Å². The van der Waals surface area contributed by atoms with E-state index in [-0.39, 0.29) is 11.7 Å². The number of carbonyl (C=O) groups excluding carboxylic acids is 1. The average molecular weight is 357 g/mol. The third-order valence-corrected chi connectivity index (χ3v) is 5.44. The molecule has 2 aromatic rings. The highest BCUT2D eigenvalue weighted by molar-refractivity contribution is 7.88. The fourth-order valence-electron chi connectivity index (χ4n) is 2.70. The summed E-state index contributed by atoms with van der Waals surface area (Å²) in [5, 5.41) is 1.35. The zero-order valence-corrected chi connectivity index (χ0v) is 14.2. The van der Waals surface area contributed by atoms with Gasteiger partial charge in [0.15, 0.2) is 5.76 Å². The van der Waals surface area contributed by atoms with Crippen LogP contribution in [0.15, 0.2) is 28.7 Å². The van der Waals surface area contributed by atoms with E-state index in [0.29, 0.717) is 43.2 Å². The van der Waals surface area contributed by atoms with E-state index in [0.717, 1.165) is 5.39 Å². The first kappa shape index (κ1) is 16.3. The van der Waals surface area contributed by atoms with Gasteiger partial charge in [-0.15, -0.1) is 0 Å². The van der Waals surface area contributed by atoms with Crippen molar-refractivity contribution in [1.29, 1.82) is 0 Å². The van der Waals surface area contributed by atoms with E-state index in [1.165, 1.54) is 10.6 Å². The zero-order chi connectivity index (χ0) is 16.6. The van der Waals surface area contributed by atoms with Crippen molar-refractivity contribution < 1.29 is 17.6 Å². The van der Waals surface area contributed by atoms with Crippen LogP contribution in [-0.4, -0.2) is 56.0 Å². The number of carbonyl (C=O) groups is 1. The fraction of sp³-hybridized carbons (Fsp3) is 0.400. The van der Waals surface area contributed by atoms with Crippen LogP contribution < -0.4 is 0 Å². The summed E-state index contributed by atoms with van der Waals surface area (Å²) in [6.45, 7) is 1.58. The Labute approximate surface area is 139 Å². The van der Waals surface area contributed by atoms with Gasteiger partial charge in [0.2, 0.25) is 10.0 Å². The molecule has 124 valence electrons. The van der Waals surface area contributed by atoms with Gasteiger partial charge in [0.25, 0.3) is 5.91 Å². The first-order valence-corrected chi connectivity index (χ1v) is 9.51. The Morgan fingerprint density at radius 3 is 2.70 bits per heavy atom. The minimum Gasteiger partial charge on any atom is -0.451 e. The number of hydrogen-bond donors (Lipinski definition) is 0. The van der Waals surface area contributed by atoms with Gasteiger partial charge in [0.05, 0.1) is 6.26 Å². The van der Waals surface area contributed by atoms with E-state index < -0.39 is 10.0 Å². The van der Waals surface area contributed by atoms with Gasteiger partial charge in [-0.1, -0.05) is 11.6 Å². The highest BCUT2D eigenvalue weighted by Gasteiger charge is 2.26. The maximum atomic E-state index is 12.6. The Morgan fingerprint density at radius 1 is 1.17 bits per heavy atom. The predicted molar refractivity (Wildman–Crippen MR) is 88.2 cm³/mol. The van der Waals surface area contributed by atoms with Crippen molar-refractivity contribution >= 4 is 38.5 Å². The van der Waals surface area contributed by atoms with E-state index in [1.54, 1.807) is 29.2 Å². The number of amides is 1. The monoisotopic (exact) mass is 356 g/mol. The number of furan rings is 1. The number of fused-ring (bicyclic) bond motifs is 1. The highest BCUT2D eigenvalue weighted by Crippen LogP contribution is 2.24. The summed E-state index contributed by atoms with van der Waals surface area (Å²) in [6, 6.07) is 6.84. The van der Waals surface area contributed by atoms with Crippen LogP contribution in [0.5, 0.6) is 0 Å². The van der Waals surface area contributed by atoms with Crippen LogP contribution >= 0.6 is 11.6 Å². The highest BCUT2D eigenvalue weighted by atomic mass is 35.5. The standard InChI is InChI=1S/C15H17ClN2O4S/c1-23(20,21)18-6-2-5-17(7-8-18)15(19)14-10-11-9-12(16)3-4-13(11)22-14/h3-4,9-10H,2,5-8H2,1H3. The summed E-state index contributed by atoms with van der Waals surface area (Å²) < 4.78 is 30.2. The van der Waals surface area contributed by atoms with Crippen molar-refractivity contribution in [2.24, 2.45) is 0 Å². The van der Waals surface area contributed by atoms with Crippen LogP contribution in [0.2, 0.25) is 5.02 Å². The maximum Gasteiger partial charge on any atom is 0.289 e. The van der Waals surface area contributed by atoms with E-state index in [1.807, 2.05) is 0 Å². The second-order valence-electron chi connectivity index (χ2n) is 5.60. The first-order valence-electron chi connectivity index (χ1n) is 7.28. The Balaban J connectivity index is 1.79. The van der Waals surface area contributed by atoms with E-state index in [9.17, 15) is 13.2 Å². The lowest BCUT2D eigenvalue weighted by Crippen LogP contribution is -2.36. The van der Waals surface area contributed by atoms with Gasteiger partial charge >= 0.3 is 0 Å². The van der Waals surface area contributed by atoms with Crippen molar-refractivity contribution in [3.8, 4) is 0 Å². The van der Waals surface area contributed by atoms with Crippen molar-refractivity contribution in [3.63, 3.8) is 0 Å². The molecule has 1 aromatic carbocycles. The molecule has 0 N–H and O–H groups in total. The predicted octanol–water partition coefficient (Wildman–Crippen LogP) is 2.19. The molecule has 0 atom stereocenters. The van der Waals surface area contributed by atoms with Crippen molar-refractivity contribution in [3.05, 3.63) is 35.0 Å². The number of hydrogen-bond acceptors (Lipinski definition) is 4. The van der Waals surface area contributed by atoms with Gasteiger partial charge in [-0.3, -0.25) is 4.79 Å². The third kappa shape index (κ3) is 3.52. The average Bonchev–Trinajstić information content (AvgIpc) is 2.72. The van der Waals surface area contributed by atoms with Crippen LogP contribution in [0.4, 0.5) is 0 Å². The molecule has 23 heavy (non-hydrogen) atoms. The minimum absolute atomic E-state index is 0.229. The van der Waals surface area contributed by atoms with Crippen molar-refractivity contribution in [2.45, 2.75) is 6.42 Å². The Hall–Kier alpha value is -1.57. The van der Waals surface area contributed by atoms with Gasteiger partial charge < -0.3 is 9.32 Å². The van der Waals surface area contributed by atoms with Crippen LogP contribution in [-0.2, 0) is 10.0 Å². The van der Waals surface area contributed by atoms with Gasteiger partial charge in [0, 0.05) is 36.6 Å². The molecule has 3 rings (SSSR count). The van der Waals surface area contributed by atoms with Crippen molar-refractivity contribution in [1.82, 2.24) is 9.21 Å². The Kier molecular flexibility index (Phi) is 4.35. The smallest absolute Gasteiger partial charge is 0.289 e. The van der Waals surface area contributed by atoms with E-state index >= 15 is 0 Å². The molecule has 0 radical (unpaired) electrons. The van der Waals surface area contributed by atoms with Crippen LogP contribution in [0.3, 0.4) is 0 Å². The van der Waals surface area contributed by atoms with Crippen LogP contribution in [0.25, 0.3) is 11.0 Å². The summed E-state index contributed by atoms with van der Waals surface area (Å²) in [4.78, 5) is 14.2. The number of nitrogens with zero attached hydrogens (tertiary/aromatic N) is 2. The molecule has 0 saturated carbocycles.